The average molecular weight is 170 g/mol. The number of carboxylic acid groups (broad SMARTS) is 2. The number of hydrogen-bond acceptors (Lipinski definition) is 4. The molecule has 0 amide bonds. The summed E-state index contributed by atoms with van der Waals surface area (Å²) in [5, 5.41) is 20.3. The van der Waals surface area contributed by atoms with Crippen molar-refractivity contribution in [3.05, 3.63) is 12.2 Å². The Kier molecular flexibility index (Phi) is 4.76. The Morgan fingerprint density at radius 3 is 2.33 bits per heavy atom. The van der Waals surface area contributed by atoms with Gasteiger partial charge in [0.2, 0.25) is 0 Å². The van der Waals surface area contributed by atoms with E-state index in [-0.39, 0.29) is 0 Å². The molecule has 0 radical (unpaired) electrons. The van der Waals surface area contributed by atoms with Gasteiger partial charge in [0.25, 0.3) is 0 Å². The van der Waals surface area contributed by atoms with E-state index in [1.165, 1.54) is 6.08 Å². The van der Waals surface area contributed by atoms with Gasteiger partial charge in [0, 0.05) is 17.9 Å². The van der Waals surface area contributed by atoms with Crippen LogP contribution in [0, 0.1) is 5.92 Å². The van der Waals surface area contributed by atoms with Gasteiger partial charge in [-0.2, -0.15) is 0 Å². The van der Waals surface area contributed by atoms with Crippen LogP contribution < -0.4 is 10.2 Å². The van der Waals surface area contributed by atoms with Crippen molar-refractivity contribution in [3.63, 3.8) is 0 Å². The molecule has 0 saturated heterocycles. The third-order valence-electron chi connectivity index (χ3n) is 1.29. The van der Waals surface area contributed by atoms with Gasteiger partial charge in [0.05, 0.1) is 0 Å². The molecule has 0 saturated carbocycles. The predicted octanol–water partition coefficient (Wildman–Crippen LogP) is -1.54. The summed E-state index contributed by atoms with van der Waals surface area (Å²) in [7, 11) is 0. The van der Waals surface area contributed by atoms with Crippen molar-refractivity contribution in [1.29, 1.82) is 0 Å². The van der Waals surface area contributed by atoms with Gasteiger partial charge in [0.15, 0.2) is 0 Å². The van der Waals surface area contributed by atoms with Gasteiger partial charge < -0.3 is 19.8 Å². The first-order valence-electron chi connectivity index (χ1n) is 3.65. The van der Waals surface area contributed by atoms with Crippen LogP contribution in [-0.4, -0.2) is 11.9 Å². The lowest BCUT2D eigenvalue weighted by molar-refractivity contribution is -0.318. The maximum absolute atomic E-state index is 10.3. The highest BCUT2D eigenvalue weighted by molar-refractivity contribution is 5.77. The molecule has 4 heteroatoms. The van der Waals surface area contributed by atoms with E-state index in [4.69, 9.17) is 0 Å². The molecule has 0 rings (SSSR count). The zero-order chi connectivity index (χ0) is 9.56. The van der Waals surface area contributed by atoms with Gasteiger partial charge in [-0.15, -0.1) is 0 Å². The van der Waals surface area contributed by atoms with Gasteiger partial charge in [-0.25, -0.2) is 0 Å². The number of carboxylic acids is 2. The third-order valence-corrected chi connectivity index (χ3v) is 1.29. The number of aliphatic carboxylic acids is 2. The maximum Gasteiger partial charge on any atom is 0.0486 e. The molecule has 0 aromatic rings. The van der Waals surface area contributed by atoms with Crippen LogP contribution in [0.2, 0.25) is 0 Å². The molecule has 0 aliphatic heterocycles. The van der Waals surface area contributed by atoms with E-state index in [2.05, 4.69) is 0 Å². The number of allylic oxidation sites excluding steroid dienone is 1. The number of rotatable bonds is 5. The second-order valence-electron chi connectivity index (χ2n) is 2.34. The summed E-state index contributed by atoms with van der Waals surface area (Å²) in [5.41, 5.74) is 0. The molecular weight excluding hydrogens is 160 g/mol. The van der Waals surface area contributed by atoms with Gasteiger partial charge in [-0.1, -0.05) is 19.1 Å². The van der Waals surface area contributed by atoms with Gasteiger partial charge in [0.1, 0.15) is 0 Å². The summed E-state index contributed by atoms with van der Waals surface area (Å²) in [5.74, 6) is -3.84. The molecular formula is C8H10O4-2. The Morgan fingerprint density at radius 2 is 2.00 bits per heavy atom. The smallest absolute Gasteiger partial charge is 0.0486 e. The van der Waals surface area contributed by atoms with Crippen LogP contribution in [0.3, 0.4) is 0 Å². The Bertz CT molecular complexity index is 195. The van der Waals surface area contributed by atoms with Gasteiger partial charge in [-0.3, -0.25) is 0 Å². The van der Waals surface area contributed by atoms with Crippen LogP contribution in [0.25, 0.3) is 0 Å². The second kappa shape index (κ2) is 5.35. The lowest BCUT2D eigenvalue weighted by Crippen LogP contribution is -2.35. The van der Waals surface area contributed by atoms with Crippen LogP contribution in [0.1, 0.15) is 19.8 Å². The largest absolute Gasteiger partial charge is 0.550 e. The quantitative estimate of drug-likeness (QED) is 0.468. The molecule has 68 valence electrons. The van der Waals surface area contributed by atoms with Gasteiger partial charge >= 0.3 is 0 Å². The van der Waals surface area contributed by atoms with Crippen LogP contribution >= 0.6 is 0 Å². The molecule has 0 aromatic carbocycles. The van der Waals surface area contributed by atoms with E-state index in [0.717, 1.165) is 0 Å². The zero-order valence-electron chi connectivity index (χ0n) is 6.78. The van der Waals surface area contributed by atoms with E-state index in [0.29, 0.717) is 6.42 Å². The Balaban J connectivity index is 4.14. The standard InChI is InChI=1S/C8H12O4/c1-2-3-4-6(8(11)12)5-7(9)10/h3-4,6H,2,5H2,1H3,(H,9,10)(H,11,12)/p-2/b4-3+. The SMILES string of the molecule is CC/C=C/C(CC(=O)[O-])C(=O)[O-]. The van der Waals surface area contributed by atoms with Crippen LogP contribution in [0.5, 0.6) is 0 Å². The lowest BCUT2D eigenvalue weighted by atomic mass is 10.1. The molecule has 0 aliphatic carbocycles. The lowest BCUT2D eigenvalue weighted by Gasteiger charge is -2.13. The molecule has 4 nitrogen and oxygen atoms in total. The number of carbonyl (C=O) groups excluding carboxylic acids is 2. The average Bonchev–Trinajstić information content (AvgIpc) is 1.96. The summed E-state index contributed by atoms with van der Waals surface area (Å²) in [6, 6.07) is 0. The number of carbonyl (C=O) groups is 2. The van der Waals surface area contributed by atoms with Crippen LogP contribution in [-0.2, 0) is 9.59 Å². The van der Waals surface area contributed by atoms with E-state index in [1.54, 1.807) is 6.08 Å². The monoisotopic (exact) mass is 170 g/mol. The third kappa shape index (κ3) is 4.49. The molecule has 0 spiro atoms. The minimum absolute atomic E-state index is 0.529. The van der Waals surface area contributed by atoms with E-state index < -0.39 is 24.3 Å². The second-order valence-corrected chi connectivity index (χ2v) is 2.34. The summed E-state index contributed by atoms with van der Waals surface area (Å²) in [6.45, 7) is 1.82. The molecule has 0 fully saturated rings. The minimum Gasteiger partial charge on any atom is -0.550 e. The zero-order valence-corrected chi connectivity index (χ0v) is 6.78. The first kappa shape index (κ1) is 10.7. The van der Waals surface area contributed by atoms with Crippen molar-refractivity contribution in [2.75, 3.05) is 0 Å². The molecule has 0 heterocycles. The van der Waals surface area contributed by atoms with Gasteiger partial charge in [-0.05, 0) is 12.8 Å². The summed E-state index contributed by atoms with van der Waals surface area (Å²) < 4.78 is 0. The van der Waals surface area contributed by atoms with E-state index in [9.17, 15) is 19.8 Å². The molecule has 0 bridgehead atoms. The van der Waals surface area contributed by atoms with Crippen molar-refractivity contribution < 1.29 is 19.8 Å². The Morgan fingerprint density at radius 1 is 1.42 bits per heavy atom. The van der Waals surface area contributed by atoms with E-state index >= 15 is 0 Å². The first-order valence-corrected chi connectivity index (χ1v) is 3.65. The molecule has 0 aliphatic rings. The molecule has 12 heavy (non-hydrogen) atoms. The fraction of sp³-hybridized carbons (Fsp3) is 0.500. The van der Waals surface area contributed by atoms with Crippen molar-refractivity contribution in [2.45, 2.75) is 19.8 Å². The highest BCUT2D eigenvalue weighted by Gasteiger charge is 2.04. The van der Waals surface area contributed by atoms with Crippen molar-refractivity contribution >= 4 is 11.9 Å². The normalized spacial score (nSPS) is 13.1. The molecule has 1 unspecified atom stereocenters. The molecule has 0 N–H and O–H groups in total. The summed E-state index contributed by atoms with van der Waals surface area (Å²) in [4.78, 5) is 20.3. The highest BCUT2D eigenvalue weighted by atomic mass is 16.4. The Labute approximate surface area is 70.5 Å². The molecule has 0 aromatic heterocycles. The van der Waals surface area contributed by atoms with Crippen molar-refractivity contribution in [3.8, 4) is 0 Å². The maximum atomic E-state index is 10.3. The van der Waals surface area contributed by atoms with Crippen LogP contribution in [0.15, 0.2) is 12.2 Å². The fourth-order valence-corrected chi connectivity index (χ4v) is 0.710. The summed E-state index contributed by atoms with van der Waals surface area (Å²) >= 11 is 0. The van der Waals surface area contributed by atoms with Crippen molar-refractivity contribution in [1.82, 2.24) is 0 Å². The molecule has 1 atom stereocenters. The summed E-state index contributed by atoms with van der Waals surface area (Å²) in [6.07, 6.45) is 3.03. The minimum atomic E-state index is -1.39. The topological polar surface area (TPSA) is 80.3 Å². The van der Waals surface area contributed by atoms with E-state index in [1.807, 2.05) is 6.92 Å². The van der Waals surface area contributed by atoms with Crippen LogP contribution in [0.4, 0.5) is 0 Å². The Hall–Kier alpha value is -1.32. The highest BCUT2D eigenvalue weighted by Crippen LogP contribution is 2.03. The predicted molar refractivity (Wildman–Crippen MR) is 37.6 cm³/mol. The number of hydrogen-bond donors (Lipinski definition) is 0. The fourth-order valence-electron chi connectivity index (χ4n) is 0.710. The van der Waals surface area contributed by atoms with Crippen molar-refractivity contribution in [2.24, 2.45) is 5.92 Å². The first-order chi connectivity index (χ1) is 5.57.